The number of aliphatic hydroxyl groups excluding tert-OH is 1. The third-order valence-corrected chi connectivity index (χ3v) is 17.1. The van der Waals surface area contributed by atoms with Gasteiger partial charge in [-0.05, 0) is 33.5 Å². The van der Waals surface area contributed by atoms with Gasteiger partial charge in [-0.3, -0.25) is 0 Å². The van der Waals surface area contributed by atoms with E-state index in [9.17, 15) is 5.11 Å². The molecule has 34 heavy (non-hydrogen) atoms. The molecule has 0 aliphatic carbocycles. The third-order valence-electron chi connectivity index (χ3n) is 7.63. The Balaban J connectivity index is 2.47. The van der Waals surface area contributed by atoms with E-state index in [0.717, 1.165) is 0 Å². The van der Waals surface area contributed by atoms with Crippen LogP contribution in [0.5, 0.6) is 0 Å². The van der Waals surface area contributed by atoms with Crippen molar-refractivity contribution in [3.63, 3.8) is 0 Å². The van der Waals surface area contributed by atoms with Crippen LogP contribution in [0.4, 0.5) is 0 Å². The molecule has 3 nitrogen and oxygen atoms in total. The van der Waals surface area contributed by atoms with Crippen LogP contribution in [0.1, 0.15) is 55.4 Å². The molecule has 0 radical (unpaired) electrons. The van der Waals surface area contributed by atoms with E-state index in [2.05, 4.69) is 129 Å². The normalized spacial score (nSPS) is 16.2. The Kier molecular flexibility index (Phi) is 9.56. The minimum atomic E-state index is -2.60. The van der Waals surface area contributed by atoms with Crippen molar-refractivity contribution >= 4 is 27.0 Å². The van der Waals surface area contributed by atoms with Crippen molar-refractivity contribution in [2.75, 3.05) is 13.2 Å². The minimum absolute atomic E-state index is 0.0480. The highest BCUT2D eigenvalue weighted by Gasteiger charge is 2.51. The molecule has 1 N–H and O–H groups in total. The fourth-order valence-corrected chi connectivity index (χ4v) is 10.7. The van der Waals surface area contributed by atoms with E-state index in [1.54, 1.807) is 0 Å². The van der Waals surface area contributed by atoms with Crippen LogP contribution in [0.3, 0.4) is 0 Å². The monoisotopic (exact) mass is 500 g/mol. The van der Waals surface area contributed by atoms with Crippen LogP contribution in [0.2, 0.25) is 23.2 Å². The first-order valence-corrected chi connectivity index (χ1v) is 17.5. The minimum Gasteiger partial charge on any atom is -0.413 e. The van der Waals surface area contributed by atoms with Gasteiger partial charge in [-0.2, -0.15) is 0 Å². The summed E-state index contributed by atoms with van der Waals surface area (Å²) in [6.07, 6.45) is -0.0518. The second-order valence-electron chi connectivity index (χ2n) is 12.5. The van der Waals surface area contributed by atoms with Crippen molar-refractivity contribution in [3.05, 3.63) is 60.7 Å². The number of hydrogen-bond donors (Lipinski definition) is 1. The molecule has 0 amide bonds. The summed E-state index contributed by atoms with van der Waals surface area (Å²) in [7, 11) is -4.61. The largest absolute Gasteiger partial charge is 0.413 e. The van der Waals surface area contributed by atoms with Crippen molar-refractivity contribution < 1.29 is 14.0 Å². The summed E-state index contributed by atoms with van der Waals surface area (Å²) in [4.78, 5) is 0. The molecular weight excluding hydrogens is 452 g/mol. The molecular formula is C29H48O3Si2. The Morgan fingerprint density at radius 2 is 1.18 bits per heavy atom. The first-order chi connectivity index (χ1) is 15.7. The van der Waals surface area contributed by atoms with Crippen molar-refractivity contribution in [2.45, 2.75) is 84.7 Å². The van der Waals surface area contributed by atoms with Gasteiger partial charge in [0.05, 0.1) is 6.10 Å². The van der Waals surface area contributed by atoms with Crippen molar-refractivity contribution in [3.8, 4) is 0 Å². The Labute approximate surface area is 211 Å². The van der Waals surface area contributed by atoms with Gasteiger partial charge in [-0.25, -0.2) is 0 Å². The lowest BCUT2D eigenvalue weighted by Gasteiger charge is -2.45. The Bertz CT molecular complexity index is 830. The van der Waals surface area contributed by atoms with Crippen LogP contribution < -0.4 is 10.4 Å². The SMILES string of the molecule is C[C@@H](CO)[C@H](O[Si](C)(C)C(C)(C)C)[C@@H](C)CO[Si](c1ccccc1)(c1ccccc1)C(C)(C)C. The number of aliphatic hydroxyl groups is 1. The molecule has 2 aromatic carbocycles. The van der Waals surface area contributed by atoms with Crippen LogP contribution >= 0.6 is 0 Å². The van der Waals surface area contributed by atoms with Crippen LogP contribution in [0.15, 0.2) is 60.7 Å². The predicted molar refractivity (Wildman–Crippen MR) is 151 cm³/mol. The van der Waals surface area contributed by atoms with Crippen LogP contribution in [0, 0.1) is 11.8 Å². The van der Waals surface area contributed by atoms with Crippen molar-refractivity contribution in [1.29, 1.82) is 0 Å². The molecule has 190 valence electrons. The van der Waals surface area contributed by atoms with E-state index in [0.29, 0.717) is 6.61 Å². The molecule has 0 aromatic heterocycles. The lowest BCUT2D eigenvalue weighted by atomic mass is 9.95. The van der Waals surface area contributed by atoms with Gasteiger partial charge in [0.25, 0.3) is 8.32 Å². The summed E-state index contributed by atoms with van der Waals surface area (Å²) in [5, 5.41) is 12.7. The zero-order valence-electron chi connectivity index (χ0n) is 23.2. The van der Waals surface area contributed by atoms with E-state index >= 15 is 0 Å². The van der Waals surface area contributed by atoms with Gasteiger partial charge in [0.1, 0.15) is 0 Å². The van der Waals surface area contributed by atoms with E-state index < -0.39 is 16.6 Å². The van der Waals surface area contributed by atoms with Gasteiger partial charge in [0.2, 0.25) is 0 Å². The first kappa shape index (κ1) is 29.0. The van der Waals surface area contributed by atoms with Gasteiger partial charge >= 0.3 is 0 Å². The van der Waals surface area contributed by atoms with Crippen molar-refractivity contribution in [2.24, 2.45) is 11.8 Å². The second-order valence-corrected chi connectivity index (χ2v) is 21.5. The quantitative estimate of drug-likeness (QED) is 0.394. The molecule has 2 aromatic rings. The van der Waals surface area contributed by atoms with E-state index in [1.807, 2.05) is 0 Å². The average molecular weight is 501 g/mol. The maximum atomic E-state index is 10.1. The van der Waals surface area contributed by atoms with Gasteiger partial charge < -0.3 is 14.0 Å². The van der Waals surface area contributed by atoms with Gasteiger partial charge in [0.15, 0.2) is 8.32 Å². The standard InChI is InChI=1S/C29H48O3Si2/c1-23(21-30)27(32-33(9,10)28(3,4)5)24(2)22-31-34(29(6,7)8,25-17-13-11-14-18-25)26-19-15-12-16-20-26/h11-20,23-24,27,30H,21-22H2,1-10H3/t23-,24-,27-/m0/s1. The molecule has 2 rings (SSSR count). The van der Waals surface area contributed by atoms with Gasteiger partial charge in [-0.15, -0.1) is 0 Å². The third kappa shape index (κ3) is 6.30. The van der Waals surface area contributed by atoms with Crippen molar-refractivity contribution in [1.82, 2.24) is 0 Å². The highest BCUT2D eigenvalue weighted by molar-refractivity contribution is 6.99. The highest BCUT2D eigenvalue weighted by atomic mass is 28.4. The number of benzene rings is 2. The molecule has 3 atom stereocenters. The molecule has 0 fully saturated rings. The topological polar surface area (TPSA) is 38.7 Å². The fraction of sp³-hybridized carbons (Fsp3) is 0.586. The molecule has 0 unspecified atom stereocenters. The molecule has 0 bridgehead atoms. The summed E-state index contributed by atoms with van der Waals surface area (Å²) in [5.41, 5.74) is 0. The number of rotatable bonds is 10. The smallest absolute Gasteiger partial charge is 0.261 e. The molecule has 0 aliphatic rings. The number of hydrogen-bond acceptors (Lipinski definition) is 3. The molecule has 0 saturated heterocycles. The molecule has 5 heteroatoms. The maximum absolute atomic E-state index is 10.1. The summed E-state index contributed by atoms with van der Waals surface area (Å²) in [5.74, 6) is 0.199. The highest BCUT2D eigenvalue weighted by Crippen LogP contribution is 2.40. The summed E-state index contributed by atoms with van der Waals surface area (Å²) >= 11 is 0. The Hall–Kier alpha value is -1.25. The Morgan fingerprint density at radius 3 is 1.53 bits per heavy atom. The molecule has 0 aliphatic heterocycles. The lowest BCUT2D eigenvalue weighted by molar-refractivity contribution is 0.0269. The second kappa shape index (κ2) is 11.2. The zero-order valence-corrected chi connectivity index (χ0v) is 25.2. The average Bonchev–Trinajstić information content (AvgIpc) is 2.77. The van der Waals surface area contributed by atoms with Crippen LogP contribution in [-0.4, -0.2) is 41.1 Å². The predicted octanol–water partition coefficient (Wildman–Crippen LogP) is 6.22. The summed E-state index contributed by atoms with van der Waals surface area (Å²) in [6.45, 7) is 23.3. The van der Waals surface area contributed by atoms with Gasteiger partial charge in [0, 0.05) is 25.0 Å². The Morgan fingerprint density at radius 1 is 0.735 bits per heavy atom. The van der Waals surface area contributed by atoms with E-state index in [1.165, 1.54) is 10.4 Å². The molecule has 0 spiro atoms. The zero-order chi connectivity index (χ0) is 25.8. The fourth-order valence-electron chi connectivity index (χ4n) is 4.53. The molecule has 0 heterocycles. The summed E-state index contributed by atoms with van der Waals surface area (Å²) in [6, 6.07) is 21.6. The first-order valence-electron chi connectivity index (χ1n) is 12.7. The molecule has 0 saturated carbocycles. The lowest BCUT2D eigenvalue weighted by Crippen LogP contribution is -2.67. The van der Waals surface area contributed by atoms with Crippen LogP contribution in [0.25, 0.3) is 0 Å². The summed E-state index contributed by atoms with van der Waals surface area (Å²) < 4.78 is 14.1. The van der Waals surface area contributed by atoms with Gasteiger partial charge in [-0.1, -0.05) is 116 Å². The van der Waals surface area contributed by atoms with Crippen LogP contribution in [-0.2, 0) is 8.85 Å². The van der Waals surface area contributed by atoms with E-state index in [-0.39, 0.29) is 34.6 Å². The van der Waals surface area contributed by atoms with E-state index in [4.69, 9.17) is 8.85 Å². The maximum Gasteiger partial charge on any atom is 0.261 e.